The Morgan fingerprint density at radius 3 is 1.62 bits per heavy atom. The summed E-state index contributed by atoms with van der Waals surface area (Å²) in [6.07, 6.45) is 0. The number of nitrogens with zero attached hydrogens (tertiary/aromatic N) is 3. The van der Waals surface area contributed by atoms with E-state index < -0.39 is 43.3 Å². The Bertz CT molecular complexity index is 821. The van der Waals surface area contributed by atoms with E-state index in [1.54, 1.807) is 6.07 Å². The van der Waals surface area contributed by atoms with Gasteiger partial charge in [-0.2, -0.15) is 31.2 Å². The van der Waals surface area contributed by atoms with Gasteiger partial charge in [0.2, 0.25) is 0 Å². The standard InChI is InChI=1S/C13H13N3O10/c17-13(8-4-2-1-3-5-8)9-6-7-10(14(18,19)20)12(16(24,25)26)11(9)15(21,22)23/h1-7,18-19,21-22,24-25H. The molecule has 0 spiro atoms. The fraction of sp³-hybridized carbons (Fsp3) is 0. The molecule has 26 heavy (non-hydrogen) atoms. The van der Waals surface area contributed by atoms with Gasteiger partial charge in [-0.15, -0.1) is 0 Å². The zero-order valence-corrected chi connectivity index (χ0v) is 12.7. The SMILES string of the molecule is O=C(c1ccccc1)c1ccc([N+]([O-])(O)O)c([N+]([O-])(O)O)c1[N+]([O-])(O)O. The summed E-state index contributed by atoms with van der Waals surface area (Å²) in [6.45, 7) is 0. The van der Waals surface area contributed by atoms with Gasteiger partial charge in [0.25, 0.3) is 11.4 Å². The third kappa shape index (κ3) is 3.89. The van der Waals surface area contributed by atoms with Crippen molar-refractivity contribution in [1.82, 2.24) is 14.9 Å². The molecule has 2 rings (SSSR count). The molecule has 140 valence electrons. The summed E-state index contributed by atoms with van der Waals surface area (Å²) in [4.78, 5) is 1.90. The van der Waals surface area contributed by atoms with Crippen LogP contribution in [0.4, 0.5) is 17.1 Å². The topological polar surface area (TPSA) is 208 Å². The first kappa shape index (κ1) is 19.9. The molecule has 0 aliphatic carbocycles. The van der Waals surface area contributed by atoms with Crippen LogP contribution in [0, 0.1) is 15.6 Å². The zero-order chi connectivity index (χ0) is 19.9. The number of hydrogen-bond donors (Lipinski definition) is 6. The lowest BCUT2D eigenvalue weighted by Gasteiger charge is -2.33. The Morgan fingerprint density at radius 2 is 1.19 bits per heavy atom. The Labute approximate surface area is 144 Å². The van der Waals surface area contributed by atoms with Crippen LogP contribution in [0.3, 0.4) is 0 Å². The molecule has 2 aromatic carbocycles. The summed E-state index contributed by atoms with van der Waals surface area (Å²) in [5.74, 6) is -1.07. The predicted molar refractivity (Wildman–Crippen MR) is 82.5 cm³/mol. The van der Waals surface area contributed by atoms with E-state index in [9.17, 15) is 41.2 Å². The van der Waals surface area contributed by atoms with E-state index in [2.05, 4.69) is 0 Å². The molecular weight excluding hydrogens is 358 g/mol. The normalized spacial score (nSPS) is 13.0. The lowest BCUT2D eigenvalue weighted by molar-refractivity contribution is -0.278. The van der Waals surface area contributed by atoms with Gasteiger partial charge in [-0.05, 0) is 21.0 Å². The number of carbonyl (C=O) groups is 1. The van der Waals surface area contributed by atoms with Crippen molar-refractivity contribution in [3.05, 3.63) is 69.2 Å². The van der Waals surface area contributed by atoms with Crippen molar-refractivity contribution in [3.63, 3.8) is 0 Å². The highest BCUT2D eigenvalue weighted by atomic mass is 17.1. The largest absolute Gasteiger partial charge is 0.559 e. The number of ketones is 1. The molecule has 0 amide bonds. The third-order valence-electron chi connectivity index (χ3n) is 3.31. The molecule has 0 aromatic heterocycles. The molecule has 0 radical (unpaired) electrons. The van der Waals surface area contributed by atoms with Crippen LogP contribution in [0.25, 0.3) is 0 Å². The van der Waals surface area contributed by atoms with Gasteiger partial charge < -0.3 is 15.6 Å². The van der Waals surface area contributed by atoms with Gasteiger partial charge in [0.1, 0.15) is 0 Å². The van der Waals surface area contributed by atoms with Gasteiger partial charge in [-0.25, -0.2) is 0 Å². The van der Waals surface area contributed by atoms with Gasteiger partial charge in [0.05, 0.1) is 5.56 Å². The molecule has 0 saturated heterocycles. The molecule has 0 unspecified atom stereocenters. The first-order chi connectivity index (χ1) is 11.7. The fourth-order valence-electron chi connectivity index (χ4n) is 2.31. The minimum atomic E-state index is -3.63. The van der Waals surface area contributed by atoms with E-state index in [1.807, 2.05) is 0 Å². The highest BCUT2D eigenvalue weighted by molar-refractivity contribution is 6.14. The van der Waals surface area contributed by atoms with Gasteiger partial charge in [-0.1, -0.05) is 30.3 Å². The fourth-order valence-corrected chi connectivity index (χ4v) is 2.31. The minimum absolute atomic E-state index is 0.100. The zero-order valence-electron chi connectivity index (χ0n) is 12.7. The van der Waals surface area contributed by atoms with Crippen LogP contribution in [0.15, 0.2) is 42.5 Å². The molecule has 0 atom stereocenters. The van der Waals surface area contributed by atoms with E-state index in [0.717, 1.165) is 0 Å². The quantitative estimate of drug-likeness (QED) is 0.254. The lowest BCUT2D eigenvalue weighted by atomic mass is 10.00. The van der Waals surface area contributed by atoms with E-state index in [0.29, 0.717) is 12.1 Å². The molecule has 0 fully saturated rings. The van der Waals surface area contributed by atoms with Crippen molar-refractivity contribution in [2.45, 2.75) is 0 Å². The maximum absolute atomic E-state index is 12.5. The summed E-state index contributed by atoms with van der Waals surface area (Å²) in [5.41, 5.74) is -6.13. The highest BCUT2D eigenvalue weighted by Crippen LogP contribution is 2.45. The van der Waals surface area contributed by atoms with Crippen LogP contribution in [0.5, 0.6) is 0 Å². The Morgan fingerprint density at radius 1 is 0.692 bits per heavy atom. The summed E-state index contributed by atoms with van der Waals surface area (Å²) in [6, 6.07) is 7.94. The number of benzene rings is 2. The molecule has 0 heterocycles. The minimum Gasteiger partial charge on any atom is -0.559 e. The van der Waals surface area contributed by atoms with Gasteiger partial charge in [0.15, 0.2) is 5.78 Å². The van der Waals surface area contributed by atoms with E-state index in [-0.39, 0.29) is 5.56 Å². The number of rotatable bonds is 5. The molecule has 13 nitrogen and oxygen atoms in total. The van der Waals surface area contributed by atoms with Crippen molar-refractivity contribution in [1.29, 1.82) is 0 Å². The smallest absolute Gasteiger partial charge is 0.336 e. The number of quaternary nitrogens is 3. The maximum atomic E-state index is 12.5. The van der Waals surface area contributed by atoms with Crippen molar-refractivity contribution in [3.8, 4) is 0 Å². The summed E-state index contributed by atoms with van der Waals surface area (Å²) >= 11 is 0. The van der Waals surface area contributed by atoms with Crippen LogP contribution in [0.1, 0.15) is 15.9 Å². The molecule has 0 aliphatic rings. The van der Waals surface area contributed by atoms with Crippen molar-refractivity contribution >= 4 is 22.8 Å². The Balaban J connectivity index is 2.90. The lowest BCUT2D eigenvalue weighted by Crippen LogP contribution is -2.45. The average molecular weight is 371 g/mol. The monoisotopic (exact) mass is 371 g/mol. The molecule has 0 saturated carbocycles. The number of carbonyl (C=O) groups excluding carboxylic acids is 1. The van der Waals surface area contributed by atoms with Crippen LogP contribution in [0.2, 0.25) is 0 Å². The summed E-state index contributed by atoms with van der Waals surface area (Å²) in [7, 11) is 0. The summed E-state index contributed by atoms with van der Waals surface area (Å²) in [5, 5.41) is 89.8. The van der Waals surface area contributed by atoms with Crippen molar-refractivity contribution < 1.29 is 36.0 Å². The second-order valence-corrected chi connectivity index (χ2v) is 5.16. The summed E-state index contributed by atoms with van der Waals surface area (Å²) < 4.78 is 0. The first-order valence-electron chi connectivity index (χ1n) is 6.69. The third-order valence-corrected chi connectivity index (χ3v) is 3.31. The van der Waals surface area contributed by atoms with Gasteiger partial charge in [-0.3, -0.25) is 4.79 Å². The molecule has 0 bridgehead atoms. The van der Waals surface area contributed by atoms with E-state index >= 15 is 0 Å². The number of hydrogen-bond acceptors (Lipinski definition) is 10. The van der Waals surface area contributed by atoms with Crippen LogP contribution in [-0.2, 0) is 0 Å². The second-order valence-electron chi connectivity index (χ2n) is 5.16. The maximum Gasteiger partial charge on any atom is 0.336 e. The van der Waals surface area contributed by atoms with Gasteiger partial charge >= 0.3 is 5.69 Å². The van der Waals surface area contributed by atoms with Crippen molar-refractivity contribution in [2.75, 3.05) is 0 Å². The molecule has 6 N–H and O–H groups in total. The molecule has 13 heteroatoms. The van der Waals surface area contributed by atoms with Gasteiger partial charge in [0, 0.05) is 11.6 Å². The second kappa shape index (κ2) is 6.41. The highest BCUT2D eigenvalue weighted by Gasteiger charge is 2.45. The van der Waals surface area contributed by atoms with Crippen LogP contribution in [-0.4, -0.2) is 37.0 Å². The molecular formula is C13H13N3O10. The first-order valence-corrected chi connectivity index (χ1v) is 6.69. The van der Waals surface area contributed by atoms with E-state index in [1.165, 1.54) is 24.3 Å². The molecule has 2 aromatic rings. The Kier molecular flexibility index (Phi) is 4.92. The van der Waals surface area contributed by atoms with Crippen molar-refractivity contribution in [2.24, 2.45) is 0 Å². The van der Waals surface area contributed by atoms with Crippen LogP contribution < -0.4 is 14.9 Å². The molecule has 0 aliphatic heterocycles. The van der Waals surface area contributed by atoms with Crippen LogP contribution >= 0.6 is 0 Å². The average Bonchev–Trinajstić information content (AvgIpc) is 2.51. The predicted octanol–water partition coefficient (Wildman–Crippen LogP) is 1.67. The Hall–Kier alpha value is -2.37. The van der Waals surface area contributed by atoms with E-state index in [4.69, 9.17) is 10.4 Å².